The Hall–Kier alpha value is -0.540. The molecule has 2 nitrogen and oxygen atoms in total. The molecule has 3 rings (SSSR count). The van der Waals surface area contributed by atoms with Crippen LogP contribution >= 0.6 is 15.9 Å². The SMILES string of the molecule is Brc1cccc(OCC23CNCC2C3)c1. The van der Waals surface area contributed by atoms with Crippen LogP contribution in [0.1, 0.15) is 6.42 Å². The second-order valence-corrected chi connectivity index (χ2v) is 5.56. The number of ether oxygens (including phenoxy) is 1. The van der Waals surface area contributed by atoms with Crippen LogP contribution in [0.25, 0.3) is 0 Å². The third kappa shape index (κ3) is 1.79. The van der Waals surface area contributed by atoms with Crippen molar-refractivity contribution in [2.45, 2.75) is 6.42 Å². The Kier molecular flexibility index (Phi) is 2.25. The molecule has 1 heterocycles. The first-order valence-electron chi connectivity index (χ1n) is 5.38. The van der Waals surface area contributed by atoms with E-state index in [4.69, 9.17) is 4.74 Å². The van der Waals surface area contributed by atoms with E-state index in [1.807, 2.05) is 24.3 Å². The first kappa shape index (κ1) is 9.67. The maximum atomic E-state index is 5.85. The van der Waals surface area contributed by atoms with E-state index in [1.54, 1.807) is 0 Å². The van der Waals surface area contributed by atoms with Crippen LogP contribution in [0.5, 0.6) is 5.75 Å². The summed E-state index contributed by atoms with van der Waals surface area (Å²) < 4.78 is 6.92. The molecule has 1 aromatic carbocycles. The van der Waals surface area contributed by atoms with Gasteiger partial charge in [0.1, 0.15) is 5.75 Å². The summed E-state index contributed by atoms with van der Waals surface area (Å²) in [6, 6.07) is 8.06. The molecule has 1 aromatic rings. The third-order valence-electron chi connectivity index (χ3n) is 3.55. The topological polar surface area (TPSA) is 21.3 Å². The van der Waals surface area contributed by atoms with Gasteiger partial charge < -0.3 is 10.1 Å². The first-order chi connectivity index (χ1) is 7.28. The number of benzene rings is 1. The molecule has 15 heavy (non-hydrogen) atoms. The van der Waals surface area contributed by atoms with Crippen molar-refractivity contribution in [1.82, 2.24) is 5.32 Å². The van der Waals surface area contributed by atoms with E-state index >= 15 is 0 Å². The van der Waals surface area contributed by atoms with Gasteiger partial charge in [-0.2, -0.15) is 0 Å². The largest absolute Gasteiger partial charge is 0.493 e. The number of nitrogens with one attached hydrogen (secondary N) is 1. The second kappa shape index (κ2) is 3.49. The Labute approximate surface area is 98.1 Å². The normalized spacial score (nSPS) is 32.5. The number of fused-ring (bicyclic) bond motifs is 1. The van der Waals surface area contributed by atoms with E-state index in [0.717, 1.165) is 29.3 Å². The minimum absolute atomic E-state index is 0.461. The van der Waals surface area contributed by atoms with Crippen LogP contribution in [-0.4, -0.2) is 19.7 Å². The lowest BCUT2D eigenvalue weighted by molar-refractivity contribution is 0.236. The molecule has 1 saturated carbocycles. The van der Waals surface area contributed by atoms with Crippen molar-refractivity contribution in [2.24, 2.45) is 11.3 Å². The molecule has 2 aliphatic rings. The molecule has 0 radical (unpaired) electrons. The molecule has 1 aliphatic carbocycles. The van der Waals surface area contributed by atoms with E-state index in [0.29, 0.717) is 5.41 Å². The van der Waals surface area contributed by atoms with Crippen molar-refractivity contribution in [3.05, 3.63) is 28.7 Å². The standard InChI is InChI=1S/C12H14BrNO/c13-10-2-1-3-11(4-10)15-8-12-5-9(12)6-14-7-12/h1-4,9,14H,5-8H2. The maximum Gasteiger partial charge on any atom is 0.120 e. The quantitative estimate of drug-likeness (QED) is 0.909. The lowest BCUT2D eigenvalue weighted by Crippen LogP contribution is -2.21. The Balaban J connectivity index is 1.62. The van der Waals surface area contributed by atoms with Crippen LogP contribution < -0.4 is 10.1 Å². The highest BCUT2D eigenvalue weighted by atomic mass is 79.9. The summed E-state index contributed by atoms with van der Waals surface area (Å²) in [5, 5.41) is 3.42. The fraction of sp³-hybridized carbons (Fsp3) is 0.500. The van der Waals surface area contributed by atoms with Gasteiger partial charge in [0.05, 0.1) is 6.61 Å². The van der Waals surface area contributed by atoms with Gasteiger partial charge in [-0.3, -0.25) is 0 Å². The summed E-state index contributed by atoms with van der Waals surface area (Å²) in [5.74, 6) is 1.83. The number of hydrogen-bond acceptors (Lipinski definition) is 2. The van der Waals surface area contributed by atoms with Gasteiger partial charge in [-0.1, -0.05) is 22.0 Å². The number of halogens is 1. The molecular formula is C12H14BrNO. The smallest absolute Gasteiger partial charge is 0.120 e. The number of rotatable bonds is 3. The summed E-state index contributed by atoms with van der Waals surface area (Å²) in [6.07, 6.45) is 1.34. The van der Waals surface area contributed by atoms with Gasteiger partial charge in [0.15, 0.2) is 0 Å². The fourth-order valence-corrected chi connectivity index (χ4v) is 2.82. The average molecular weight is 268 g/mol. The van der Waals surface area contributed by atoms with Crippen molar-refractivity contribution in [1.29, 1.82) is 0 Å². The van der Waals surface area contributed by atoms with Crippen LogP contribution in [0.15, 0.2) is 28.7 Å². The summed E-state index contributed by atoms with van der Waals surface area (Å²) >= 11 is 3.45. The van der Waals surface area contributed by atoms with E-state index in [9.17, 15) is 0 Å². The molecule has 0 aromatic heterocycles. The van der Waals surface area contributed by atoms with Gasteiger partial charge in [0.2, 0.25) is 0 Å². The molecule has 2 fully saturated rings. The number of hydrogen-bond donors (Lipinski definition) is 1. The van der Waals surface area contributed by atoms with E-state index in [1.165, 1.54) is 13.0 Å². The van der Waals surface area contributed by atoms with Crippen LogP contribution in [0.2, 0.25) is 0 Å². The molecule has 1 N–H and O–H groups in total. The highest BCUT2D eigenvalue weighted by Gasteiger charge is 2.57. The lowest BCUT2D eigenvalue weighted by atomic mass is 10.1. The minimum Gasteiger partial charge on any atom is -0.493 e. The van der Waals surface area contributed by atoms with E-state index in [-0.39, 0.29) is 0 Å². The van der Waals surface area contributed by atoms with Crippen molar-refractivity contribution in [2.75, 3.05) is 19.7 Å². The molecule has 0 bridgehead atoms. The zero-order valence-electron chi connectivity index (χ0n) is 8.50. The van der Waals surface area contributed by atoms with Gasteiger partial charge in [-0.05, 0) is 37.1 Å². The molecule has 3 heteroatoms. The molecule has 2 atom stereocenters. The van der Waals surface area contributed by atoms with Gasteiger partial charge >= 0.3 is 0 Å². The van der Waals surface area contributed by atoms with Gasteiger partial charge in [-0.25, -0.2) is 0 Å². The lowest BCUT2D eigenvalue weighted by Gasteiger charge is -2.13. The monoisotopic (exact) mass is 267 g/mol. The number of piperidine rings is 1. The van der Waals surface area contributed by atoms with Crippen LogP contribution in [-0.2, 0) is 0 Å². The van der Waals surface area contributed by atoms with Gasteiger partial charge in [0.25, 0.3) is 0 Å². The average Bonchev–Trinajstić information content (AvgIpc) is 2.79. The van der Waals surface area contributed by atoms with Crippen LogP contribution in [0, 0.1) is 11.3 Å². The van der Waals surface area contributed by atoms with Crippen LogP contribution in [0.4, 0.5) is 0 Å². The highest BCUT2D eigenvalue weighted by molar-refractivity contribution is 9.10. The molecule has 1 aliphatic heterocycles. The van der Waals surface area contributed by atoms with Crippen molar-refractivity contribution < 1.29 is 4.74 Å². The molecule has 80 valence electrons. The predicted molar refractivity (Wildman–Crippen MR) is 63.0 cm³/mol. The third-order valence-corrected chi connectivity index (χ3v) is 4.04. The summed E-state index contributed by atoms with van der Waals surface area (Å²) in [7, 11) is 0. The zero-order valence-corrected chi connectivity index (χ0v) is 10.1. The Bertz CT molecular complexity index is 382. The van der Waals surface area contributed by atoms with E-state index in [2.05, 4.69) is 21.2 Å². The molecule has 0 spiro atoms. The second-order valence-electron chi connectivity index (χ2n) is 4.64. The fourth-order valence-electron chi connectivity index (χ4n) is 2.44. The van der Waals surface area contributed by atoms with Gasteiger partial charge in [-0.15, -0.1) is 0 Å². The minimum atomic E-state index is 0.461. The predicted octanol–water partition coefficient (Wildman–Crippen LogP) is 2.44. The van der Waals surface area contributed by atoms with Crippen molar-refractivity contribution in [3.63, 3.8) is 0 Å². The summed E-state index contributed by atoms with van der Waals surface area (Å²) in [4.78, 5) is 0. The maximum absolute atomic E-state index is 5.85. The van der Waals surface area contributed by atoms with Crippen molar-refractivity contribution >= 4 is 15.9 Å². The molecule has 2 unspecified atom stereocenters. The summed E-state index contributed by atoms with van der Waals surface area (Å²) in [6.45, 7) is 3.18. The Morgan fingerprint density at radius 1 is 1.53 bits per heavy atom. The highest BCUT2D eigenvalue weighted by Crippen LogP contribution is 2.54. The Morgan fingerprint density at radius 3 is 3.13 bits per heavy atom. The first-order valence-corrected chi connectivity index (χ1v) is 6.17. The van der Waals surface area contributed by atoms with E-state index < -0.39 is 0 Å². The van der Waals surface area contributed by atoms with Crippen molar-refractivity contribution in [3.8, 4) is 5.75 Å². The zero-order chi connectivity index (χ0) is 10.3. The summed E-state index contributed by atoms with van der Waals surface area (Å²) in [5.41, 5.74) is 0.461. The van der Waals surface area contributed by atoms with Gasteiger partial charge in [0, 0.05) is 16.4 Å². The Morgan fingerprint density at radius 2 is 2.47 bits per heavy atom. The molecule has 1 saturated heterocycles. The molecule has 0 amide bonds. The van der Waals surface area contributed by atoms with Crippen LogP contribution in [0.3, 0.4) is 0 Å². The molecular weight excluding hydrogens is 254 g/mol.